The van der Waals surface area contributed by atoms with Crippen molar-refractivity contribution in [3.05, 3.63) is 65.9 Å². The van der Waals surface area contributed by atoms with Crippen LogP contribution in [0.4, 0.5) is 0 Å². The first-order valence-corrected chi connectivity index (χ1v) is 8.60. The Labute approximate surface area is 143 Å². The maximum Gasteiger partial charge on any atom is 0.176 e. The average Bonchev–Trinajstić information content (AvgIpc) is 3.34. The molecule has 4 rings (SSSR count). The van der Waals surface area contributed by atoms with E-state index < -0.39 is 0 Å². The van der Waals surface area contributed by atoms with E-state index in [-0.39, 0.29) is 0 Å². The SMILES string of the molecule is Cc1ccc(-c2nccn2CCc2csc(-c3ccncc3)n2)o1. The van der Waals surface area contributed by atoms with Crippen molar-refractivity contribution in [2.75, 3.05) is 0 Å². The zero-order valence-electron chi connectivity index (χ0n) is 13.2. The number of hydrogen-bond donors (Lipinski definition) is 0. The van der Waals surface area contributed by atoms with Gasteiger partial charge in [-0.05, 0) is 31.2 Å². The number of thiazole rings is 1. The van der Waals surface area contributed by atoms with Crippen LogP contribution in [0.2, 0.25) is 0 Å². The van der Waals surface area contributed by atoms with E-state index in [1.807, 2.05) is 37.4 Å². The van der Waals surface area contributed by atoms with Gasteiger partial charge in [-0.1, -0.05) is 0 Å². The Morgan fingerprint density at radius 1 is 1.12 bits per heavy atom. The largest absolute Gasteiger partial charge is 0.458 e. The Hall–Kier alpha value is -2.73. The highest BCUT2D eigenvalue weighted by atomic mass is 32.1. The van der Waals surface area contributed by atoms with Crippen molar-refractivity contribution in [1.29, 1.82) is 0 Å². The predicted molar refractivity (Wildman–Crippen MR) is 93.7 cm³/mol. The first-order valence-electron chi connectivity index (χ1n) is 7.72. The molecule has 0 amide bonds. The number of pyridine rings is 1. The monoisotopic (exact) mass is 336 g/mol. The molecule has 0 spiro atoms. The molecular formula is C18H16N4OS. The van der Waals surface area contributed by atoms with Crippen LogP contribution < -0.4 is 0 Å². The van der Waals surface area contributed by atoms with Crippen molar-refractivity contribution >= 4 is 11.3 Å². The van der Waals surface area contributed by atoms with Crippen LogP contribution in [-0.2, 0) is 13.0 Å². The van der Waals surface area contributed by atoms with E-state index in [1.165, 1.54) is 0 Å². The van der Waals surface area contributed by atoms with Gasteiger partial charge >= 0.3 is 0 Å². The third-order valence-corrected chi connectivity index (χ3v) is 4.70. The average molecular weight is 336 g/mol. The molecule has 24 heavy (non-hydrogen) atoms. The van der Waals surface area contributed by atoms with Crippen molar-refractivity contribution in [1.82, 2.24) is 19.5 Å². The molecule has 6 heteroatoms. The summed E-state index contributed by atoms with van der Waals surface area (Å²) >= 11 is 1.66. The van der Waals surface area contributed by atoms with Crippen molar-refractivity contribution in [3.63, 3.8) is 0 Å². The van der Waals surface area contributed by atoms with Gasteiger partial charge in [0.1, 0.15) is 10.8 Å². The van der Waals surface area contributed by atoms with Gasteiger partial charge in [-0.3, -0.25) is 4.98 Å². The van der Waals surface area contributed by atoms with Crippen molar-refractivity contribution in [2.24, 2.45) is 0 Å². The molecule has 0 saturated heterocycles. The summed E-state index contributed by atoms with van der Waals surface area (Å²) in [5, 5.41) is 3.14. The van der Waals surface area contributed by atoms with Crippen LogP contribution in [0.5, 0.6) is 0 Å². The van der Waals surface area contributed by atoms with E-state index in [9.17, 15) is 0 Å². The summed E-state index contributed by atoms with van der Waals surface area (Å²) in [4.78, 5) is 13.2. The van der Waals surface area contributed by atoms with Gasteiger partial charge in [0.2, 0.25) is 0 Å². The summed E-state index contributed by atoms with van der Waals surface area (Å²) in [5.41, 5.74) is 2.19. The van der Waals surface area contributed by atoms with Crippen LogP contribution in [0, 0.1) is 6.92 Å². The first kappa shape index (κ1) is 14.8. The lowest BCUT2D eigenvalue weighted by molar-refractivity contribution is 0.537. The van der Waals surface area contributed by atoms with Gasteiger partial charge in [0, 0.05) is 48.7 Å². The second-order valence-corrected chi connectivity index (χ2v) is 6.34. The molecule has 0 saturated carbocycles. The zero-order valence-corrected chi connectivity index (χ0v) is 14.0. The highest BCUT2D eigenvalue weighted by molar-refractivity contribution is 7.13. The number of aryl methyl sites for hydroxylation is 3. The standard InChI is InChI=1S/C18H16N4OS/c1-13-2-3-16(23-13)17-20-9-11-22(17)10-6-15-12-24-18(21-15)14-4-7-19-8-5-14/h2-5,7-9,11-12H,6,10H2,1H3. The molecule has 0 N–H and O–H groups in total. The smallest absolute Gasteiger partial charge is 0.176 e. The highest BCUT2D eigenvalue weighted by Gasteiger charge is 2.11. The number of hydrogen-bond acceptors (Lipinski definition) is 5. The van der Waals surface area contributed by atoms with Crippen LogP contribution in [-0.4, -0.2) is 19.5 Å². The summed E-state index contributed by atoms with van der Waals surface area (Å²) in [7, 11) is 0. The molecule has 4 aromatic heterocycles. The second kappa shape index (κ2) is 6.41. The molecule has 4 aromatic rings. The van der Waals surface area contributed by atoms with E-state index in [2.05, 4.69) is 19.9 Å². The van der Waals surface area contributed by atoms with E-state index in [0.717, 1.165) is 46.6 Å². The molecule has 0 aliphatic carbocycles. The Morgan fingerprint density at radius 2 is 2.00 bits per heavy atom. The summed E-state index contributed by atoms with van der Waals surface area (Å²) in [6.07, 6.45) is 8.21. The number of nitrogens with zero attached hydrogens (tertiary/aromatic N) is 4. The van der Waals surface area contributed by atoms with E-state index in [1.54, 1.807) is 29.9 Å². The minimum atomic E-state index is 0.799. The fourth-order valence-electron chi connectivity index (χ4n) is 2.55. The second-order valence-electron chi connectivity index (χ2n) is 5.48. The van der Waals surface area contributed by atoms with Crippen molar-refractivity contribution in [3.8, 4) is 22.2 Å². The molecule has 120 valence electrons. The van der Waals surface area contributed by atoms with Crippen LogP contribution in [0.1, 0.15) is 11.5 Å². The Morgan fingerprint density at radius 3 is 2.79 bits per heavy atom. The minimum Gasteiger partial charge on any atom is -0.458 e. The molecule has 4 heterocycles. The predicted octanol–water partition coefficient (Wildman–Crippen LogP) is 4.21. The molecular weight excluding hydrogens is 320 g/mol. The molecule has 0 radical (unpaired) electrons. The van der Waals surface area contributed by atoms with Gasteiger partial charge in [-0.25, -0.2) is 9.97 Å². The topological polar surface area (TPSA) is 56.7 Å². The van der Waals surface area contributed by atoms with Crippen LogP contribution >= 0.6 is 11.3 Å². The number of furan rings is 1. The number of imidazole rings is 1. The molecule has 0 bridgehead atoms. The van der Waals surface area contributed by atoms with E-state index in [0.29, 0.717) is 0 Å². The number of rotatable bonds is 5. The summed E-state index contributed by atoms with van der Waals surface area (Å²) in [6.45, 7) is 2.75. The molecule has 0 atom stereocenters. The maximum atomic E-state index is 5.68. The van der Waals surface area contributed by atoms with Gasteiger partial charge in [0.05, 0.1) is 5.69 Å². The lowest BCUT2D eigenvalue weighted by Crippen LogP contribution is -2.02. The maximum absolute atomic E-state index is 5.68. The summed E-state index contributed by atoms with van der Waals surface area (Å²) < 4.78 is 7.78. The molecule has 0 aliphatic rings. The summed E-state index contributed by atoms with van der Waals surface area (Å²) in [5.74, 6) is 2.54. The van der Waals surface area contributed by atoms with Gasteiger partial charge in [0.25, 0.3) is 0 Å². The normalized spacial score (nSPS) is 11.0. The fraction of sp³-hybridized carbons (Fsp3) is 0.167. The molecule has 0 aliphatic heterocycles. The Kier molecular flexibility index (Phi) is 3.96. The fourth-order valence-corrected chi connectivity index (χ4v) is 3.41. The third-order valence-electron chi connectivity index (χ3n) is 3.76. The molecule has 0 fully saturated rings. The number of aromatic nitrogens is 4. The lowest BCUT2D eigenvalue weighted by atomic mass is 10.3. The third kappa shape index (κ3) is 3.00. The Balaban J connectivity index is 1.49. The minimum absolute atomic E-state index is 0.799. The lowest BCUT2D eigenvalue weighted by Gasteiger charge is -2.04. The molecule has 0 unspecified atom stereocenters. The van der Waals surface area contributed by atoms with Gasteiger partial charge in [-0.2, -0.15) is 0 Å². The van der Waals surface area contributed by atoms with Crippen LogP contribution in [0.3, 0.4) is 0 Å². The van der Waals surface area contributed by atoms with Crippen molar-refractivity contribution in [2.45, 2.75) is 19.9 Å². The quantitative estimate of drug-likeness (QED) is 0.548. The Bertz CT molecular complexity index is 939. The van der Waals surface area contributed by atoms with E-state index >= 15 is 0 Å². The van der Waals surface area contributed by atoms with Gasteiger partial charge < -0.3 is 8.98 Å². The highest BCUT2D eigenvalue weighted by Crippen LogP contribution is 2.24. The van der Waals surface area contributed by atoms with Gasteiger partial charge in [-0.15, -0.1) is 11.3 Å². The molecule has 0 aromatic carbocycles. The summed E-state index contributed by atoms with van der Waals surface area (Å²) in [6, 6.07) is 7.87. The first-order chi connectivity index (χ1) is 11.8. The zero-order chi connectivity index (χ0) is 16.4. The van der Waals surface area contributed by atoms with Crippen molar-refractivity contribution < 1.29 is 4.42 Å². The van der Waals surface area contributed by atoms with E-state index in [4.69, 9.17) is 9.40 Å². The molecule has 5 nitrogen and oxygen atoms in total. The van der Waals surface area contributed by atoms with Crippen LogP contribution in [0.25, 0.3) is 22.2 Å². The van der Waals surface area contributed by atoms with Crippen LogP contribution in [0.15, 0.2) is 58.9 Å². The van der Waals surface area contributed by atoms with Gasteiger partial charge in [0.15, 0.2) is 11.6 Å².